The van der Waals surface area contributed by atoms with E-state index in [1.165, 1.54) is 17.7 Å². The van der Waals surface area contributed by atoms with Crippen molar-refractivity contribution in [3.05, 3.63) is 71.5 Å². The van der Waals surface area contributed by atoms with E-state index in [-0.39, 0.29) is 11.7 Å². The summed E-state index contributed by atoms with van der Waals surface area (Å²) >= 11 is 0. The third-order valence-electron chi connectivity index (χ3n) is 5.11. The monoisotopic (exact) mass is 354 g/mol. The number of likely N-dealkylation sites (tertiary alicyclic amines) is 1. The molecule has 0 aromatic heterocycles. The molecule has 0 bridgehead atoms. The predicted octanol–water partition coefficient (Wildman–Crippen LogP) is 3.44. The van der Waals surface area contributed by atoms with Gasteiger partial charge in [0.25, 0.3) is 0 Å². The number of halogens is 1. The quantitative estimate of drug-likeness (QED) is 0.773. The summed E-state index contributed by atoms with van der Waals surface area (Å²) in [5, 5.41) is 3.21. The van der Waals surface area contributed by atoms with Crippen LogP contribution in [0.25, 0.3) is 0 Å². The predicted molar refractivity (Wildman–Crippen MR) is 102 cm³/mol. The lowest BCUT2D eigenvalue weighted by atomic mass is 9.90. The van der Waals surface area contributed by atoms with E-state index in [0.29, 0.717) is 12.5 Å². The third kappa shape index (κ3) is 5.67. The third-order valence-corrected chi connectivity index (χ3v) is 5.11. The number of amides is 1. The lowest BCUT2D eigenvalue weighted by Gasteiger charge is -2.32. The van der Waals surface area contributed by atoms with Gasteiger partial charge in [0.15, 0.2) is 0 Å². The number of rotatable bonds is 7. The molecule has 3 nitrogen and oxygen atoms in total. The zero-order valence-electron chi connectivity index (χ0n) is 15.2. The molecular weight excluding hydrogens is 327 g/mol. The van der Waals surface area contributed by atoms with Crippen LogP contribution in [0, 0.1) is 11.7 Å². The minimum atomic E-state index is -0.215. The fourth-order valence-corrected chi connectivity index (χ4v) is 3.52. The molecule has 2 aromatic carbocycles. The van der Waals surface area contributed by atoms with Crippen LogP contribution in [0.3, 0.4) is 0 Å². The largest absolute Gasteiger partial charge is 0.342 e. The summed E-state index contributed by atoms with van der Waals surface area (Å²) in [5.41, 5.74) is 2.47. The molecule has 1 N–H and O–H groups in total. The highest BCUT2D eigenvalue weighted by Crippen LogP contribution is 2.21. The second-order valence-electron chi connectivity index (χ2n) is 7.07. The van der Waals surface area contributed by atoms with Gasteiger partial charge < -0.3 is 10.2 Å². The normalized spacial score (nSPS) is 15.2. The van der Waals surface area contributed by atoms with Crippen molar-refractivity contribution in [1.82, 2.24) is 10.2 Å². The average molecular weight is 354 g/mol. The lowest BCUT2D eigenvalue weighted by molar-refractivity contribution is -0.131. The van der Waals surface area contributed by atoms with E-state index in [1.54, 1.807) is 12.1 Å². The molecule has 0 spiro atoms. The van der Waals surface area contributed by atoms with Gasteiger partial charge in [-0.15, -0.1) is 0 Å². The minimum Gasteiger partial charge on any atom is -0.342 e. The molecule has 26 heavy (non-hydrogen) atoms. The van der Waals surface area contributed by atoms with Crippen molar-refractivity contribution in [2.75, 3.05) is 26.2 Å². The van der Waals surface area contributed by atoms with Crippen molar-refractivity contribution in [2.45, 2.75) is 25.7 Å². The molecule has 1 aliphatic heterocycles. The molecule has 2 aromatic rings. The van der Waals surface area contributed by atoms with Crippen LogP contribution < -0.4 is 5.32 Å². The number of carbonyl (C=O) groups excluding carboxylic acids is 1. The Bertz CT molecular complexity index is 679. The van der Waals surface area contributed by atoms with Gasteiger partial charge in [-0.25, -0.2) is 4.39 Å². The van der Waals surface area contributed by atoms with Gasteiger partial charge in [0, 0.05) is 13.1 Å². The first-order valence-electron chi connectivity index (χ1n) is 9.47. The molecule has 1 aliphatic rings. The number of nitrogens with one attached hydrogen (secondary N) is 1. The minimum absolute atomic E-state index is 0.183. The van der Waals surface area contributed by atoms with Crippen molar-refractivity contribution >= 4 is 5.91 Å². The van der Waals surface area contributed by atoms with Gasteiger partial charge in [-0.05, 0) is 61.4 Å². The number of benzene rings is 2. The second kappa shape index (κ2) is 9.48. The standard InChI is InChI=1S/C22H27FN2O/c23-21-8-6-18(7-9-21)10-13-24-17-22(26)25-14-11-20(12-15-25)16-19-4-2-1-3-5-19/h1-9,20,24H,10-17H2. The zero-order chi connectivity index (χ0) is 18.2. The summed E-state index contributed by atoms with van der Waals surface area (Å²) in [6, 6.07) is 17.1. The van der Waals surface area contributed by atoms with Crippen LogP contribution in [0.2, 0.25) is 0 Å². The van der Waals surface area contributed by atoms with Gasteiger partial charge in [-0.3, -0.25) is 4.79 Å². The van der Waals surface area contributed by atoms with Crippen LogP contribution in [0.15, 0.2) is 54.6 Å². The van der Waals surface area contributed by atoms with Crippen LogP contribution in [0.5, 0.6) is 0 Å². The molecule has 138 valence electrons. The van der Waals surface area contributed by atoms with Crippen molar-refractivity contribution in [3.8, 4) is 0 Å². The van der Waals surface area contributed by atoms with Crippen molar-refractivity contribution in [2.24, 2.45) is 5.92 Å². The second-order valence-corrected chi connectivity index (χ2v) is 7.07. The van der Waals surface area contributed by atoms with Gasteiger partial charge in [0.2, 0.25) is 5.91 Å². The van der Waals surface area contributed by atoms with E-state index in [0.717, 1.165) is 50.9 Å². The lowest BCUT2D eigenvalue weighted by Crippen LogP contribution is -2.43. The Labute approximate surface area is 155 Å². The fourth-order valence-electron chi connectivity index (χ4n) is 3.52. The van der Waals surface area contributed by atoms with Crippen LogP contribution in [-0.2, 0) is 17.6 Å². The Balaban J connectivity index is 1.32. The molecule has 0 saturated carbocycles. The van der Waals surface area contributed by atoms with E-state index in [2.05, 4.69) is 29.6 Å². The molecule has 3 rings (SSSR count). The summed E-state index contributed by atoms with van der Waals surface area (Å²) in [6.07, 6.45) is 4.07. The van der Waals surface area contributed by atoms with E-state index in [9.17, 15) is 9.18 Å². The highest BCUT2D eigenvalue weighted by atomic mass is 19.1. The Morgan fingerprint density at radius 2 is 1.69 bits per heavy atom. The molecule has 4 heteroatoms. The molecule has 1 saturated heterocycles. The van der Waals surface area contributed by atoms with Crippen LogP contribution in [0.1, 0.15) is 24.0 Å². The van der Waals surface area contributed by atoms with E-state index in [1.807, 2.05) is 11.0 Å². The highest BCUT2D eigenvalue weighted by molar-refractivity contribution is 5.78. The van der Waals surface area contributed by atoms with Gasteiger partial charge in [-0.2, -0.15) is 0 Å². The number of hydrogen-bond donors (Lipinski definition) is 1. The molecule has 1 amide bonds. The maximum Gasteiger partial charge on any atom is 0.236 e. The topological polar surface area (TPSA) is 32.3 Å². The first-order valence-corrected chi connectivity index (χ1v) is 9.47. The van der Waals surface area contributed by atoms with E-state index < -0.39 is 0 Å². The SMILES string of the molecule is O=C(CNCCc1ccc(F)cc1)N1CCC(Cc2ccccc2)CC1. The smallest absolute Gasteiger partial charge is 0.236 e. The van der Waals surface area contributed by atoms with E-state index >= 15 is 0 Å². The maximum atomic E-state index is 12.9. The van der Waals surface area contributed by atoms with E-state index in [4.69, 9.17) is 0 Å². The average Bonchev–Trinajstić information content (AvgIpc) is 2.68. The number of piperidine rings is 1. The maximum absolute atomic E-state index is 12.9. The van der Waals surface area contributed by atoms with Gasteiger partial charge in [0.05, 0.1) is 6.54 Å². The number of nitrogens with zero attached hydrogens (tertiary/aromatic N) is 1. The van der Waals surface area contributed by atoms with Gasteiger partial charge >= 0.3 is 0 Å². The molecule has 1 fully saturated rings. The number of carbonyl (C=O) groups is 1. The summed E-state index contributed by atoms with van der Waals surface area (Å²) < 4.78 is 12.9. The molecular formula is C22H27FN2O. The summed E-state index contributed by atoms with van der Waals surface area (Å²) in [7, 11) is 0. The molecule has 0 aliphatic carbocycles. The van der Waals surface area contributed by atoms with Crippen molar-refractivity contribution < 1.29 is 9.18 Å². The Morgan fingerprint density at radius 3 is 2.38 bits per heavy atom. The first kappa shape index (κ1) is 18.6. The van der Waals surface area contributed by atoms with Crippen LogP contribution in [0.4, 0.5) is 4.39 Å². The van der Waals surface area contributed by atoms with Crippen molar-refractivity contribution in [1.29, 1.82) is 0 Å². The van der Waals surface area contributed by atoms with Gasteiger partial charge in [0.1, 0.15) is 5.82 Å². The summed E-state index contributed by atoms with van der Waals surface area (Å²) in [6.45, 7) is 2.82. The van der Waals surface area contributed by atoms with Crippen LogP contribution >= 0.6 is 0 Å². The molecule has 0 unspecified atom stereocenters. The zero-order valence-corrected chi connectivity index (χ0v) is 15.2. The van der Waals surface area contributed by atoms with Gasteiger partial charge in [-0.1, -0.05) is 42.5 Å². The Hall–Kier alpha value is -2.20. The highest BCUT2D eigenvalue weighted by Gasteiger charge is 2.22. The Morgan fingerprint density at radius 1 is 1.00 bits per heavy atom. The molecule has 0 radical (unpaired) electrons. The van der Waals surface area contributed by atoms with Crippen molar-refractivity contribution in [3.63, 3.8) is 0 Å². The first-order chi connectivity index (χ1) is 12.7. The summed E-state index contributed by atoms with van der Waals surface area (Å²) in [4.78, 5) is 14.3. The van der Waals surface area contributed by atoms with Crippen LogP contribution in [-0.4, -0.2) is 37.0 Å². The molecule has 0 atom stereocenters. The fraction of sp³-hybridized carbons (Fsp3) is 0.409. The summed E-state index contributed by atoms with van der Waals surface area (Å²) in [5.74, 6) is 0.641. The Kier molecular flexibility index (Phi) is 6.78. The molecule has 1 heterocycles. The number of hydrogen-bond acceptors (Lipinski definition) is 2.